The molecule has 0 radical (unpaired) electrons. The first-order valence-electron chi connectivity index (χ1n) is 11.1. The molecule has 0 amide bonds. The van der Waals surface area contributed by atoms with Gasteiger partial charge in [-0.05, 0) is 41.0 Å². The Balaban J connectivity index is 1.49. The molecule has 4 N–H and O–H groups in total. The first-order chi connectivity index (χ1) is 17.9. The van der Waals surface area contributed by atoms with E-state index in [0.717, 1.165) is 34.5 Å². The van der Waals surface area contributed by atoms with Gasteiger partial charge in [-0.15, -0.1) is 4.33 Å². The Morgan fingerprint density at radius 2 is 2.03 bits per heavy atom. The lowest BCUT2D eigenvalue weighted by Crippen LogP contribution is -2.11. The molecule has 194 valence electrons. The van der Waals surface area contributed by atoms with Gasteiger partial charge in [0.15, 0.2) is 5.78 Å². The Morgan fingerprint density at radius 1 is 1.19 bits per heavy atom. The molecule has 1 atom stereocenters. The van der Waals surface area contributed by atoms with Gasteiger partial charge in [0, 0.05) is 41.2 Å². The maximum absolute atomic E-state index is 13.5. The number of benzene rings is 2. The highest BCUT2D eigenvalue weighted by atomic mass is 35.5. The van der Waals surface area contributed by atoms with E-state index in [2.05, 4.69) is 24.8 Å². The predicted molar refractivity (Wildman–Crippen MR) is 142 cm³/mol. The molecule has 8 nitrogen and oxygen atoms in total. The lowest BCUT2D eigenvalue weighted by molar-refractivity contribution is -0.161. The summed E-state index contributed by atoms with van der Waals surface area (Å²) in [6.45, 7) is 0.184. The predicted octanol–water partition coefficient (Wildman–Crippen LogP) is 6.10. The zero-order valence-electron chi connectivity index (χ0n) is 19.6. The van der Waals surface area contributed by atoms with E-state index in [0.29, 0.717) is 28.5 Å². The van der Waals surface area contributed by atoms with Crippen LogP contribution in [0.2, 0.25) is 10.0 Å². The third-order valence-corrected chi connectivity index (χ3v) is 6.87. The van der Waals surface area contributed by atoms with E-state index in [1.807, 2.05) is 18.2 Å². The van der Waals surface area contributed by atoms with Crippen LogP contribution in [-0.4, -0.2) is 39.8 Å². The molecule has 0 bridgehead atoms. The second-order valence-corrected chi connectivity index (χ2v) is 9.49. The molecule has 0 spiro atoms. The Hall–Kier alpha value is -2.70. The fraction of sp³-hybridized carbons (Fsp3) is 0.200. The van der Waals surface area contributed by atoms with Gasteiger partial charge in [0.2, 0.25) is 0 Å². The molecule has 0 saturated heterocycles. The first-order valence-corrected chi connectivity index (χ1v) is 12.6. The minimum absolute atomic E-state index is 0.0209. The average Bonchev–Trinajstić information content (AvgIpc) is 3.57. The van der Waals surface area contributed by atoms with Crippen molar-refractivity contribution in [1.82, 2.24) is 19.9 Å². The number of aliphatic hydroxyl groups excluding tert-OH is 1. The van der Waals surface area contributed by atoms with Crippen LogP contribution < -0.4 is 4.72 Å². The second kappa shape index (κ2) is 12.7. The third-order valence-electron chi connectivity index (χ3n) is 5.77. The molecule has 0 fully saturated rings. The van der Waals surface area contributed by atoms with Crippen LogP contribution in [0.4, 0.5) is 4.39 Å². The van der Waals surface area contributed by atoms with Gasteiger partial charge in [-0.25, -0.2) is 14.0 Å². The number of carbonyl (C=O) groups excluding carboxylic acids is 1. The van der Waals surface area contributed by atoms with Crippen molar-refractivity contribution in [3.63, 3.8) is 0 Å². The highest BCUT2D eigenvalue weighted by Gasteiger charge is 2.20. The van der Waals surface area contributed by atoms with Gasteiger partial charge in [0.25, 0.3) is 0 Å². The zero-order chi connectivity index (χ0) is 26.4. The molecule has 2 heterocycles. The van der Waals surface area contributed by atoms with Crippen LogP contribution in [0.15, 0.2) is 54.9 Å². The summed E-state index contributed by atoms with van der Waals surface area (Å²) in [5.41, 5.74) is 4.94. The van der Waals surface area contributed by atoms with Crippen molar-refractivity contribution in [3.8, 4) is 22.4 Å². The largest absolute Gasteiger partial charge is 0.396 e. The highest BCUT2D eigenvalue weighted by Crippen LogP contribution is 2.33. The third kappa shape index (κ3) is 6.60. The summed E-state index contributed by atoms with van der Waals surface area (Å²) in [6, 6.07) is 11.6. The molecule has 12 heteroatoms. The number of aromatic amines is 2. The number of aliphatic hydroxyl groups is 1. The highest BCUT2D eigenvalue weighted by molar-refractivity contribution is 7.92. The number of H-pyrrole nitrogens is 2. The second-order valence-electron chi connectivity index (χ2n) is 8.09. The normalized spacial score (nSPS) is 12.1. The maximum atomic E-state index is 13.5. The maximum Gasteiger partial charge on any atom is 0.179 e. The van der Waals surface area contributed by atoms with Crippen molar-refractivity contribution in [2.45, 2.75) is 18.9 Å². The van der Waals surface area contributed by atoms with E-state index in [-0.39, 0.29) is 23.8 Å². The molecule has 37 heavy (non-hydrogen) atoms. The standard InChI is InChI=1S/C25H23Cl2FN4O4S/c1-35-36-37-31-11-16-3-2-15(7-20(16)26)19-12-30-32-25(19)17-8-23(29-10-17)24(34)9-18(13-33)14-4-5-22(28)21(27)6-14/h2-8,10,12,18,29,31,33H,9,11,13H2,1H3,(H,30,32)/t18-/m1/s1. The van der Waals surface area contributed by atoms with Crippen molar-refractivity contribution in [2.75, 3.05) is 13.7 Å². The SMILES string of the molecule is COOSNCc1ccc(-c2cn[nH]c2-c2c[nH]c(C(=O)C[C@H](CO)c3ccc(F)c(Cl)c3)c2)cc1Cl. The number of aromatic nitrogens is 3. The number of halogens is 3. The number of Topliss-reactive ketones (excluding diaryl/α,β-unsaturated/α-hetero) is 1. The van der Waals surface area contributed by atoms with Crippen molar-refractivity contribution in [2.24, 2.45) is 0 Å². The van der Waals surface area contributed by atoms with Gasteiger partial charge in [-0.1, -0.05) is 41.4 Å². The average molecular weight is 565 g/mol. The minimum Gasteiger partial charge on any atom is -0.396 e. The van der Waals surface area contributed by atoms with E-state index in [4.69, 9.17) is 27.5 Å². The van der Waals surface area contributed by atoms with Crippen LogP contribution in [0.5, 0.6) is 0 Å². The molecule has 4 rings (SSSR count). The van der Waals surface area contributed by atoms with E-state index in [9.17, 15) is 14.3 Å². The van der Waals surface area contributed by atoms with Crippen molar-refractivity contribution >= 4 is 41.2 Å². The fourth-order valence-corrected chi connectivity index (χ4v) is 4.60. The lowest BCUT2D eigenvalue weighted by atomic mass is 9.93. The van der Waals surface area contributed by atoms with Crippen LogP contribution in [0.25, 0.3) is 22.4 Å². The first kappa shape index (κ1) is 27.3. The molecule has 0 saturated carbocycles. The number of ketones is 1. The van der Waals surface area contributed by atoms with Crippen LogP contribution in [0, 0.1) is 5.82 Å². The lowest BCUT2D eigenvalue weighted by Gasteiger charge is -2.14. The topological polar surface area (TPSA) is 112 Å². The van der Waals surface area contributed by atoms with Crippen LogP contribution in [-0.2, 0) is 15.8 Å². The number of rotatable bonds is 12. The summed E-state index contributed by atoms with van der Waals surface area (Å²) in [4.78, 5) is 20.5. The van der Waals surface area contributed by atoms with E-state index < -0.39 is 11.7 Å². The minimum atomic E-state index is -0.555. The van der Waals surface area contributed by atoms with Gasteiger partial charge in [-0.2, -0.15) is 5.10 Å². The van der Waals surface area contributed by atoms with E-state index in [1.54, 1.807) is 18.5 Å². The number of carbonyl (C=O) groups is 1. The summed E-state index contributed by atoms with van der Waals surface area (Å²) in [5, 5.41) is 17.5. The fourth-order valence-electron chi connectivity index (χ4n) is 3.84. The molecule has 2 aromatic heterocycles. The summed E-state index contributed by atoms with van der Waals surface area (Å²) < 4.78 is 21.2. The Kier molecular flexibility index (Phi) is 9.38. The molecule has 4 aromatic rings. The number of hydrogen-bond acceptors (Lipinski definition) is 7. The van der Waals surface area contributed by atoms with Crippen molar-refractivity contribution < 1.29 is 23.5 Å². The molecule has 0 aliphatic rings. The van der Waals surface area contributed by atoms with Crippen LogP contribution in [0.3, 0.4) is 0 Å². The Bertz CT molecular complexity index is 1380. The molecule has 0 aliphatic heterocycles. The van der Waals surface area contributed by atoms with Crippen LogP contribution >= 0.6 is 35.4 Å². The smallest absolute Gasteiger partial charge is 0.179 e. The number of nitrogens with one attached hydrogen (secondary N) is 3. The molecular formula is C25H23Cl2FN4O4S. The summed E-state index contributed by atoms with van der Waals surface area (Å²) in [5.74, 6) is -1.28. The summed E-state index contributed by atoms with van der Waals surface area (Å²) >= 11 is 13.3. The van der Waals surface area contributed by atoms with Crippen LogP contribution in [0.1, 0.15) is 34.0 Å². The quantitative estimate of drug-likeness (QED) is 0.0410. The number of hydrogen-bond donors (Lipinski definition) is 4. The Labute approximate surface area is 226 Å². The van der Waals surface area contributed by atoms with Gasteiger partial charge < -0.3 is 10.1 Å². The molecule has 0 aliphatic carbocycles. The van der Waals surface area contributed by atoms with E-state index in [1.165, 1.54) is 25.3 Å². The Morgan fingerprint density at radius 3 is 2.76 bits per heavy atom. The van der Waals surface area contributed by atoms with Gasteiger partial charge in [-0.3, -0.25) is 9.89 Å². The number of nitrogens with zero attached hydrogens (tertiary/aromatic N) is 1. The van der Waals surface area contributed by atoms with Crippen molar-refractivity contribution in [3.05, 3.63) is 87.5 Å². The van der Waals surface area contributed by atoms with Gasteiger partial charge in [0.05, 0.1) is 36.3 Å². The summed E-state index contributed by atoms with van der Waals surface area (Å²) in [7, 11) is 1.42. The monoisotopic (exact) mass is 564 g/mol. The zero-order valence-corrected chi connectivity index (χ0v) is 21.9. The van der Waals surface area contributed by atoms with E-state index >= 15 is 0 Å². The van der Waals surface area contributed by atoms with Gasteiger partial charge in [0.1, 0.15) is 18.0 Å². The van der Waals surface area contributed by atoms with Crippen molar-refractivity contribution in [1.29, 1.82) is 0 Å². The van der Waals surface area contributed by atoms with Gasteiger partial charge >= 0.3 is 0 Å². The summed E-state index contributed by atoms with van der Waals surface area (Å²) in [6.07, 6.45) is 3.42. The molecular weight excluding hydrogens is 542 g/mol. The molecule has 0 unspecified atom stereocenters. The molecule has 2 aromatic carbocycles.